The minimum Gasteiger partial charge on any atom is -0.294 e. The van der Waals surface area contributed by atoms with Crippen LogP contribution in [0.4, 0.5) is 30.7 Å². The predicted molar refractivity (Wildman–Crippen MR) is 73.9 cm³/mol. The summed E-state index contributed by atoms with van der Waals surface area (Å²) in [6.07, 6.45) is -8.41. The molecule has 0 fully saturated rings. The molecule has 0 amide bonds. The molecule has 0 heterocycles. The minimum absolute atomic E-state index is 0.252. The third-order valence-corrected chi connectivity index (χ3v) is 3.49. The zero-order chi connectivity index (χ0) is 19.0. The first kappa shape index (κ1) is 18.9. The van der Waals surface area contributed by atoms with E-state index in [1.165, 1.54) is 12.1 Å². The third-order valence-electron chi connectivity index (χ3n) is 3.49. The van der Waals surface area contributed by atoms with E-state index in [0.29, 0.717) is 10.8 Å². The molecule has 2 aromatic rings. The second-order valence-electron chi connectivity index (χ2n) is 5.23. The zero-order valence-corrected chi connectivity index (χ0v) is 12.2. The van der Waals surface area contributed by atoms with Crippen molar-refractivity contribution in [3.8, 4) is 0 Å². The Bertz CT molecular complexity index is 825. The van der Waals surface area contributed by atoms with Crippen molar-refractivity contribution in [1.82, 2.24) is 0 Å². The topological polar surface area (TPSA) is 34.1 Å². The second-order valence-corrected chi connectivity index (χ2v) is 5.23. The van der Waals surface area contributed by atoms with Gasteiger partial charge in [-0.1, -0.05) is 36.4 Å². The number of fused-ring (bicyclic) bond motifs is 1. The van der Waals surface area contributed by atoms with Gasteiger partial charge in [0.2, 0.25) is 5.78 Å². The highest BCUT2D eigenvalue weighted by molar-refractivity contribution is 6.11. The van der Waals surface area contributed by atoms with Gasteiger partial charge in [-0.2, -0.15) is 30.7 Å². The maximum atomic E-state index is 13.2. The molecule has 0 unspecified atom stereocenters. The van der Waals surface area contributed by atoms with Crippen LogP contribution in [0.1, 0.15) is 16.8 Å². The third kappa shape index (κ3) is 3.35. The van der Waals surface area contributed by atoms with Gasteiger partial charge in [-0.25, -0.2) is 0 Å². The molecule has 2 nitrogen and oxygen atoms in total. The Morgan fingerprint density at radius 2 is 1.36 bits per heavy atom. The van der Waals surface area contributed by atoms with Crippen molar-refractivity contribution in [2.24, 2.45) is 0 Å². The molecule has 0 aromatic heterocycles. The molecule has 9 heteroatoms. The fourth-order valence-electron chi connectivity index (χ4n) is 2.07. The summed E-state index contributed by atoms with van der Waals surface area (Å²) in [5, 5.41) is 1.19. The van der Waals surface area contributed by atoms with E-state index in [4.69, 9.17) is 0 Å². The summed E-state index contributed by atoms with van der Waals surface area (Å²) in [5.74, 6) is -16.7. The molecule has 134 valence electrons. The lowest BCUT2D eigenvalue weighted by atomic mass is 9.97. The Morgan fingerprint density at radius 1 is 0.800 bits per heavy atom. The molecule has 0 saturated heterocycles. The van der Waals surface area contributed by atoms with Crippen molar-refractivity contribution in [3.63, 3.8) is 0 Å². The van der Waals surface area contributed by atoms with Crippen LogP contribution in [0.5, 0.6) is 0 Å². The summed E-state index contributed by atoms with van der Waals surface area (Å²) in [7, 11) is 0. The first-order chi connectivity index (χ1) is 11.4. The van der Waals surface area contributed by atoms with E-state index >= 15 is 0 Å². The van der Waals surface area contributed by atoms with E-state index < -0.39 is 36.0 Å². The average molecular weight is 366 g/mol. The molecule has 0 aliphatic rings. The van der Waals surface area contributed by atoms with Gasteiger partial charge in [-0.3, -0.25) is 9.59 Å². The van der Waals surface area contributed by atoms with Crippen LogP contribution in [-0.4, -0.2) is 29.6 Å². The Hall–Kier alpha value is -2.45. The van der Waals surface area contributed by atoms with Crippen LogP contribution in [0.25, 0.3) is 10.8 Å². The van der Waals surface area contributed by atoms with Crippen LogP contribution < -0.4 is 0 Å². The van der Waals surface area contributed by atoms with Crippen LogP contribution in [0.15, 0.2) is 42.5 Å². The van der Waals surface area contributed by atoms with Crippen molar-refractivity contribution in [2.45, 2.75) is 24.4 Å². The number of ketones is 2. The van der Waals surface area contributed by atoms with Crippen LogP contribution in [0.2, 0.25) is 0 Å². The van der Waals surface area contributed by atoms with Gasteiger partial charge < -0.3 is 0 Å². The summed E-state index contributed by atoms with van der Waals surface area (Å²) >= 11 is 0. The normalized spacial score (nSPS) is 13.1. The maximum Gasteiger partial charge on any atom is 0.460 e. The first-order valence-electron chi connectivity index (χ1n) is 6.75. The molecule has 25 heavy (non-hydrogen) atoms. The monoisotopic (exact) mass is 366 g/mol. The van der Waals surface area contributed by atoms with Crippen LogP contribution in [0, 0.1) is 0 Å². The van der Waals surface area contributed by atoms with Gasteiger partial charge in [0.25, 0.3) is 0 Å². The summed E-state index contributed by atoms with van der Waals surface area (Å²) in [4.78, 5) is 23.1. The van der Waals surface area contributed by atoms with Gasteiger partial charge >= 0.3 is 18.0 Å². The SMILES string of the molecule is O=C(CC(=O)C(F)(F)C(F)(F)C(F)(F)F)c1ccc2ccccc2c1. The van der Waals surface area contributed by atoms with E-state index in [1.807, 2.05) is 0 Å². The average Bonchev–Trinajstić information content (AvgIpc) is 2.52. The molecule has 0 atom stereocenters. The Balaban J connectivity index is 2.25. The number of hydrogen-bond donors (Lipinski definition) is 0. The molecule has 0 spiro atoms. The predicted octanol–water partition coefficient (Wildman–Crippen LogP) is 4.81. The molecule has 0 aliphatic carbocycles. The molecule has 0 saturated carbocycles. The highest BCUT2D eigenvalue weighted by atomic mass is 19.4. The van der Waals surface area contributed by atoms with Crippen molar-refractivity contribution < 1.29 is 40.3 Å². The van der Waals surface area contributed by atoms with Crippen molar-refractivity contribution in [1.29, 1.82) is 0 Å². The van der Waals surface area contributed by atoms with E-state index in [1.54, 1.807) is 24.3 Å². The van der Waals surface area contributed by atoms with Gasteiger partial charge in [-0.05, 0) is 16.8 Å². The summed E-state index contributed by atoms with van der Waals surface area (Å²) < 4.78 is 88.3. The molecular weight excluding hydrogens is 357 g/mol. The molecule has 0 radical (unpaired) electrons. The van der Waals surface area contributed by atoms with Crippen LogP contribution >= 0.6 is 0 Å². The molecule has 2 rings (SSSR count). The van der Waals surface area contributed by atoms with Gasteiger partial charge in [0.15, 0.2) is 5.78 Å². The quantitative estimate of drug-likeness (QED) is 0.432. The molecule has 0 N–H and O–H groups in total. The van der Waals surface area contributed by atoms with E-state index in [2.05, 4.69) is 0 Å². The van der Waals surface area contributed by atoms with Crippen LogP contribution in [0.3, 0.4) is 0 Å². The van der Waals surface area contributed by atoms with Crippen molar-refractivity contribution in [2.75, 3.05) is 0 Å². The number of carbonyl (C=O) groups is 2. The maximum absolute atomic E-state index is 13.2. The summed E-state index contributed by atoms with van der Waals surface area (Å²) in [6, 6.07) is 10.4. The molecular formula is C16H9F7O2. The lowest BCUT2D eigenvalue weighted by Crippen LogP contribution is -2.56. The van der Waals surface area contributed by atoms with E-state index in [0.717, 1.165) is 6.07 Å². The number of carbonyl (C=O) groups excluding carboxylic acids is 2. The van der Waals surface area contributed by atoms with E-state index in [9.17, 15) is 40.3 Å². The van der Waals surface area contributed by atoms with Gasteiger partial charge in [0, 0.05) is 5.56 Å². The second kappa shape index (κ2) is 6.12. The Kier molecular flexibility index (Phi) is 4.63. The highest BCUT2D eigenvalue weighted by Crippen LogP contribution is 2.47. The number of hydrogen-bond acceptors (Lipinski definition) is 2. The van der Waals surface area contributed by atoms with Crippen molar-refractivity contribution >= 4 is 22.3 Å². The number of halogens is 7. The first-order valence-corrected chi connectivity index (χ1v) is 6.75. The van der Waals surface area contributed by atoms with Crippen LogP contribution in [-0.2, 0) is 4.79 Å². The van der Waals surface area contributed by atoms with Gasteiger partial charge in [-0.15, -0.1) is 0 Å². The molecule has 0 bridgehead atoms. The number of benzene rings is 2. The fourth-order valence-corrected chi connectivity index (χ4v) is 2.07. The van der Waals surface area contributed by atoms with Gasteiger partial charge in [0.1, 0.15) is 0 Å². The lowest BCUT2D eigenvalue weighted by molar-refractivity contribution is -0.343. The zero-order valence-electron chi connectivity index (χ0n) is 12.2. The lowest BCUT2D eigenvalue weighted by Gasteiger charge is -2.26. The van der Waals surface area contributed by atoms with Crippen molar-refractivity contribution in [3.05, 3.63) is 48.0 Å². The van der Waals surface area contributed by atoms with Gasteiger partial charge in [0.05, 0.1) is 6.42 Å². The largest absolute Gasteiger partial charge is 0.460 e. The molecule has 0 aliphatic heterocycles. The Morgan fingerprint density at radius 3 is 1.92 bits per heavy atom. The molecule has 2 aromatic carbocycles. The summed E-state index contributed by atoms with van der Waals surface area (Å²) in [5.41, 5.74) is -0.252. The number of rotatable bonds is 5. The van der Waals surface area contributed by atoms with E-state index in [-0.39, 0.29) is 5.56 Å². The fraction of sp³-hybridized carbons (Fsp3) is 0.250. The standard InChI is InChI=1S/C16H9F7O2/c17-14(18,15(19,20)16(21,22)23)13(25)8-12(24)11-6-5-9-3-1-2-4-10(9)7-11/h1-7H,8H2. The highest BCUT2D eigenvalue weighted by Gasteiger charge is 2.75. The number of alkyl halides is 7. The minimum atomic E-state index is -6.63. The summed E-state index contributed by atoms with van der Waals surface area (Å²) in [6.45, 7) is 0. The number of Topliss-reactive ketones (excluding diaryl/α,β-unsaturated/α-hetero) is 2. The smallest absolute Gasteiger partial charge is 0.294 e. The Labute approximate surface area is 136 Å².